The number of aryl methyl sites for hydroxylation is 1. The highest BCUT2D eigenvalue weighted by Gasteiger charge is 2.28. The first-order valence-electron chi connectivity index (χ1n) is 11.4. The average molecular weight is 495 g/mol. The lowest BCUT2D eigenvalue weighted by Crippen LogP contribution is -2.21. The maximum Gasteiger partial charge on any atom is 0.419 e. The lowest BCUT2D eigenvalue weighted by molar-refractivity contribution is -0.131. The normalized spacial score (nSPS) is 11.7. The molecule has 1 nitrogen and oxygen atoms in total. The van der Waals surface area contributed by atoms with Crippen molar-refractivity contribution < 1.29 is 26.7 Å². The molecule has 0 radical (unpaired) electrons. The smallest absolute Gasteiger partial charge is 0.419 e. The highest BCUT2D eigenvalue weighted by Crippen LogP contribution is 2.28. The van der Waals surface area contributed by atoms with Gasteiger partial charge in [-0.1, -0.05) is 86.1 Å². The van der Waals surface area contributed by atoms with Crippen LogP contribution in [-0.4, -0.2) is 6.11 Å². The summed E-state index contributed by atoms with van der Waals surface area (Å²) in [6.45, 7) is 2.15. The predicted octanol–water partition coefficient (Wildman–Crippen LogP) is 9.08. The molecule has 0 aliphatic carbocycles. The highest BCUT2D eigenvalue weighted by atomic mass is 19.3. The van der Waals surface area contributed by atoms with Crippen molar-refractivity contribution >= 4 is 6.08 Å². The highest BCUT2D eigenvalue weighted by molar-refractivity contribution is 5.71. The average Bonchev–Trinajstić information content (AvgIpc) is 2.87. The minimum Gasteiger partial charge on any atom is -0.429 e. The molecule has 36 heavy (non-hydrogen) atoms. The number of hydrogen-bond acceptors (Lipinski definition) is 1. The molecule has 0 atom stereocenters. The number of rotatable bonds is 8. The summed E-state index contributed by atoms with van der Waals surface area (Å²) in [6.07, 6.45) is -0.104. The third-order valence-electron chi connectivity index (χ3n) is 5.64. The summed E-state index contributed by atoms with van der Waals surface area (Å²) in [6, 6.07) is 24.3. The number of alkyl halides is 2. The van der Waals surface area contributed by atoms with Gasteiger partial charge in [-0.3, -0.25) is 0 Å². The summed E-state index contributed by atoms with van der Waals surface area (Å²) in [7, 11) is 0. The molecule has 0 aliphatic rings. The van der Waals surface area contributed by atoms with Crippen molar-refractivity contribution in [3.8, 4) is 28.0 Å². The zero-order chi connectivity index (χ0) is 25.7. The lowest BCUT2D eigenvalue weighted by atomic mass is 9.98. The van der Waals surface area contributed by atoms with Crippen LogP contribution in [0.2, 0.25) is 0 Å². The summed E-state index contributed by atoms with van der Waals surface area (Å²) in [5, 5.41) is 0. The Kier molecular flexibility index (Phi) is 7.53. The number of hydrogen-bond donors (Lipinski definition) is 0. The van der Waals surface area contributed by atoms with Crippen molar-refractivity contribution in [1.29, 1.82) is 0 Å². The van der Waals surface area contributed by atoms with Crippen LogP contribution >= 0.6 is 0 Å². The van der Waals surface area contributed by atoms with E-state index in [1.165, 1.54) is 5.56 Å². The molecule has 0 unspecified atom stereocenters. The second-order valence-corrected chi connectivity index (χ2v) is 8.34. The maximum atomic E-state index is 14.1. The van der Waals surface area contributed by atoms with Gasteiger partial charge in [0.25, 0.3) is 0 Å². The van der Waals surface area contributed by atoms with Crippen molar-refractivity contribution in [2.75, 3.05) is 0 Å². The molecular weight excluding hydrogens is 471 g/mol. The number of halogens is 5. The van der Waals surface area contributed by atoms with Gasteiger partial charge < -0.3 is 4.74 Å². The van der Waals surface area contributed by atoms with E-state index in [4.69, 9.17) is 0 Å². The van der Waals surface area contributed by atoms with E-state index in [0.717, 1.165) is 41.2 Å². The van der Waals surface area contributed by atoms with Gasteiger partial charge in [-0.05, 0) is 45.9 Å². The third kappa shape index (κ3) is 6.19. The summed E-state index contributed by atoms with van der Waals surface area (Å²) >= 11 is 0. The van der Waals surface area contributed by atoms with Crippen molar-refractivity contribution in [2.45, 2.75) is 25.9 Å². The minimum atomic E-state index is -3.86. The van der Waals surface area contributed by atoms with Crippen LogP contribution < -0.4 is 4.74 Å². The van der Waals surface area contributed by atoms with Gasteiger partial charge in [0, 0.05) is 18.2 Å². The van der Waals surface area contributed by atoms with E-state index in [9.17, 15) is 22.0 Å². The minimum absolute atomic E-state index is 0.363. The quantitative estimate of drug-likeness (QED) is 0.175. The topological polar surface area (TPSA) is 9.23 Å². The first-order valence-corrected chi connectivity index (χ1v) is 11.4. The molecular formula is C30H23F5O. The van der Waals surface area contributed by atoms with Gasteiger partial charge in [0.15, 0.2) is 17.5 Å². The van der Waals surface area contributed by atoms with E-state index < -0.39 is 29.3 Å². The second kappa shape index (κ2) is 10.8. The molecule has 184 valence electrons. The Balaban J connectivity index is 1.42. The zero-order valence-electron chi connectivity index (χ0n) is 19.4. The molecule has 4 rings (SSSR count). The molecule has 6 heteroatoms. The lowest BCUT2D eigenvalue weighted by Gasteiger charge is -2.14. The molecule has 0 aromatic heterocycles. The molecule has 0 amide bonds. The standard InChI is InChI=1S/C30H23F5O/c1-2-3-20-4-8-22(9-5-20)24-12-14-25(15-13-24)23-10-6-21(7-11-23)16-17-30(34,35)36-26-18-27(31)29(33)28(32)19-26/h4-19H,2-3H2,1H3/b17-16+. The molecule has 4 aromatic carbocycles. The summed E-state index contributed by atoms with van der Waals surface area (Å²) in [5.74, 6) is -5.80. The van der Waals surface area contributed by atoms with Crippen LogP contribution in [0, 0.1) is 17.5 Å². The van der Waals surface area contributed by atoms with Crippen molar-refractivity contribution in [2.24, 2.45) is 0 Å². The van der Waals surface area contributed by atoms with E-state index in [-0.39, 0.29) is 0 Å². The van der Waals surface area contributed by atoms with Gasteiger partial charge in [0.05, 0.1) is 0 Å². The first-order chi connectivity index (χ1) is 17.2. The number of ether oxygens (including phenoxy) is 1. The molecule has 0 N–H and O–H groups in total. The maximum absolute atomic E-state index is 14.1. The molecule has 0 fully saturated rings. The Morgan fingerprint density at radius 2 is 1.14 bits per heavy atom. The van der Waals surface area contributed by atoms with E-state index in [1.54, 1.807) is 24.3 Å². The van der Waals surface area contributed by atoms with Crippen molar-refractivity contribution in [3.05, 3.63) is 120 Å². The summed E-state index contributed by atoms with van der Waals surface area (Å²) in [4.78, 5) is 0. The Hall–Kier alpha value is -3.93. The Bertz CT molecular complexity index is 1320. The van der Waals surface area contributed by atoms with Crippen LogP contribution in [0.25, 0.3) is 28.3 Å². The van der Waals surface area contributed by atoms with E-state index in [2.05, 4.69) is 35.9 Å². The zero-order valence-corrected chi connectivity index (χ0v) is 19.4. The van der Waals surface area contributed by atoms with Crippen molar-refractivity contribution in [3.63, 3.8) is 0 Å². The fraction of sp³-hybridized carbons (Fsp3) is 0.133. The summed E-state index contributed by atoms with van der Waals surface area (Å²) < 4.78 is 72.0. The van der Waals surface area contributed by atoms with Gasteiger partial charge in [0.2, 0.25) is 0 Å². The second-order valence-electron chi connectivity index (χ2n) is 8.34. The third-order valence-corrected chi connectivity index (χ3v) is 5.64. The van der Waals surface area contributed by atoms with Gasteiger partial charge in [0.1, 0.15) is 5.75 Å². The van der Waals surface area contributed by atoms with Gasteiger partial charge in [-0.2, -0.15) is 8.78 Å². The molecule has 0 aliphatic heterocycles. The molecule has 0 saturated heterocycles. The SMILES string of the molecule is CCCc1ccc(-c2ccc(-c3ccc(/C=C/C(F)(F)Oc4cc(F)c(F)c(F)c4)cc3)cc2)cc1. The van der Waals surface area contributed by atoms with E-state index in [1.807, 2.05) is 24.3 Å². The van der Waals surface area contributed by atoms with E-state index in [0.29, 0.717) is 23.8 Å². The largest absolute Gasteiger partial charge is 0.429 e. The van der Waals surface area contributed by atoms with Gasteiger partial charge in [-0.15, -0.1) is 0 Å². The van der Waals surface area contributed by atoms with Gasteiger partial charge >= 0.3 is 6.11 Å². The van der Waals surface area contributed by atoms with E-state index >= 15 is 0 Å². The molecule has 0 bridgehead atoms. The monoisotopic (exact) mass is 494 g/mol. The fourth-order valence-electron chi connectivity index (χ4n) is 3.77. The summed E-state index contributed by atoms with van der Waals surface area (Å²) in [5.41, 5.74) is 5.92. The molecule has 0 saturated carbocycles. The van der Waals surface area contributed by atoms with Crippen LogP contribution in [0.1, 0.15) is 24.5 Å². The Labute approximate surface area is 206 Å². The Morgan fingerprint density at radius 3 is 1.61 bits per heavy atom. The van der Waals surface area contributed by atoms with Gasteiger partial charge in [-0.25, -0.2) is 13.2 Å². The Morgan fingerprint density at radius 1 is 0.694 bits per heavy atom. The molecule has 4 aromatic rings. The predicted molar refractivity (Wildman–Crippen MR) is 132 cm³/mol. The van der Waals surface area contributed by atoms with Crippen LogP contribution in [0.3, 0.4) is 0 Å². The van der Waals surface area contributed by atoms with Crippen LogP contribution in [-0.2, 0) is 6.42 Å². The fourth-order valence-corrected chi connectivity index (χ4v) is 3.77. The van der Waals surface area contributed by atoms with Crippen LogP contribution in [0.15, 0.2) is 91.0 Å². The molecule has 0 heterocycles. The molecule has 0 spiro atoms. The first kappa shape index (κ1) is 25.2. The number of benzene rings is 4. The van der Waals surface area contributed by atoms with Crippen LogP contribution in [0.5, 0.6) is 5.75 Å². The van der Waals surface area contributed by atoms with Crippen LogP contribution in [0.4, 0.5) is 22.0 Å². The van der Waals surface area contributed by atoms with Crippen molar-refractivity contribution in [1.82, 2.24) is 0 Å².